The second kappa shape index (κ2) is 9.54. The molecule has 10 heteroatoms. The Morgan fingerprint density at radius 2 is 2.00 bits per heavy atom. The summed E-state index contributed by atoms with van der Waals surface area (Å²) in [6.45, 7) is 1.07. The molecule has 1 aliphatic rings. The Bertz CT molecular complexity index is 1520. The van der Waals surface area contributed by atoms with Crippen molar-refractivity contribution in [3.63, 3.8) is 0 Å². The Morgan fingerprint density at radius 1 is 1.19 bits per heavy atom. The van der Waals surface area contributed by atoms with Crippen molar-refractivity contribution in [2.24, 2.45) is 0 Å². The zero-order chi connectivity index (χ0) is 25.4. The second-order valence-electron chi connectivity index (χ2n) is 8.49. The van der Waals surface area contributed by atoms with Gasteiger partial charge in [0.05, 0.1) is 43.6 Å². The van der Waals surface area contributed by atoms with E-state index in [9.17, 15) is 9.59 Å². The smallest absolute Gasteiger partial charge is 0.338 e. The minimum absolute atomic E-state index is 0.0214. The number of ether oxygens (including phenoxy) is 3. The van der Waals surface area contributed by atoms with Crippen LogP contribution in [0.2, 0.25) is 0 Å². The number of nitrogens with zero attached hydrogens (tertiary/aromatic N) is 2. The molecule has 2 aromatic heterocycles. The first kappa shape index (κ1) is 23.7. The first-order valence-electron chi connectivity index (χ1n) is 11.3. The van der Waals surface area contributed by atoms with Crippen LogP contribution in [0.15, 0.2) is 47.3 Å². The highest BCUT2D eigenvalue weighted by Gasteiger charge is 2.25. The number of hydrogen-bond donors (Lipinski definition) is 1. The maximum atomic E-state index is 15.2. The summed E-state index contributed by atoms with van der Waals surface area (Å²) in [5.74, 6) is -1.04. The molecule has 2 aromatic carbocycles. The van der Waals surface area contributed by atoms with E-state index in [-0.39, 0.29) is 34.9 Å². The Labute approximate surface area is 204 Å². The molecule has 3 heterocycles. The van der Waals surface area contributed by atoms with Gasteiger partial charge in [-0.2, -0.15) is 0 Å². The standard InChI is InChI=1S/C26H23F2N3O5/c1-34-22-10-15(26(33)35-2)9-21-25(22)30-23(31(21)13-16-6-7-36-16)11-14-8-19(28)17(12-18(14)27)20-4-3-5-24(32)29-20/h3-5,8-10,12,16H,6-7,11,13H2,1-2H3,(H,29,32)/t16-/m0/s1. The van der Waals surface area contributed by atoms with Gasteiger partial charge in [0.1, 0.15) is 28.7 Å². The van der Waals surface area contributed by atoms with E-state index in [1.807, 2.05) is 4.57 Å². The van der Waals surface area contributed by atoms with E-state index < -0.39 is 23.2 Å². The number of carbonyl (C=O) groups is 1. The number of fused-ring (bicyclic) bond motifs is 1. The van der Waals surface area contributed by atoms with Crippen molar-refractivity contribution in [3.05, 3.63) is 81.4 Å². The SMILES string of the molecule is COC(=O)c1cc(OC)c2nc(Cc3cc(F)c(-c4cccc(=O)[nH]4)cc3F)n(C[C@@H]3CCO3)c2c1. The van der Waals surface area contributed by atoms with Crippen LogP contribution < -0.4 is 10.3 Å². The first-order chi connectivity index (χ1) is 17.4. The number of H-pyrrole nitrogens is 1. The number of halogens is 2. The molecular formula is C26H23F2N3O5. The molecule has 0 spiro atoms. The third-order valence-electron chi connectivity index (χ3n) is 6.26. The van der Waals surface area contributed by atoms with Gasteiger partial charge in [0.15, 0.2) is 0 Å². The quantitative estimate of drug-likeness (QED) is 0.392. The number of pyridine rings is 1. The summed E-state index contributed by atoms with van der Waals surface area (Å²) in [7, 11) is 2.75. The molecule has 0 radical (unpaired) electrons. The van der Waals surface area contributed by atoms with Crippen LogP contribution in [0.4, 0.5) is 8.78 Å². The average Bonchev–Trinajstić information content (AvgIpc) is 3.19. The number of rotatable bonds is 7. The summed E-state index contributed by atoms with van der Waals surface area (Å²) >= 11 is 0. The van der Waals surface area contributed by atoms with Crippen molar-refractivity contribution in [3.8, 4) is 17.0 Å². The van der Waals surface area contributed by atoms with E-state index >= 15 is 8.78 Å². The summed E-state index contributed by atoms with van der Waals surface area (Å²) in [5, 5.41) is 0. The minimum Gasteiger partial charge on any atom is -0.494 e. The van der Waals surface area contributed by atoms with Crippen LogP contribution >= 0.6 is 0 Å². The number of carbonyl (C=O) groups excluding carboxylic acids is 1. The van der Waals surface area contributed by atoms with Crippen LogP contribution in [0.5, 0.6) is 5.75 Å². The molecule has 1 aliphatic heterocycles. The molecule has 8 nitrogen and oxygen atoms in total. The summed E-state index contributed by atoms with van der Waals surface area (Å²) < 4.78 is 48.0. The summed E-state index contributed by atoms with van der Waals surface area (Å²) in [6, 6.07) is 9.62. The van der Waals surface area contributed by atoms with Gasteiger partial charge in [0.25, 0.3) is 0 Å². The predicted octanol–water partition coefficient (Wildman–Crippen LogP) is 3.84. The number of imidazole rings is 1. The fourth-order valence-electron chi connectivity index (χ4n) is 4.31. The molecule has 1 fully saturated rings. The van der Waals surface area contributed by atoms with E-state index in [1.54, 1.807) is 6.07 Å². The average molecular weight is 495 g/mol. The zero-order valence-corrected chi connectivity index (χ0v) is 19.6. The lowest BCUT2D eigenvalue weighted by Gasteiger charge is -2.27. The molecule has 4 aromatic rings. The molecule has 36 heavy (non-hydrogen) atoms. The van der Waals surface area contributed by atoms with Gasteiger partial charge in [-0.05, 0) is 42.3 Å². The number of hydrogen-bond acceptors (Lipinski definition) is 6. The number of benzene rings is 2. The molecule has 1 saturated heterocycles. The minimum atomic E-state index is -0.677. The normalized spacial score (nSPS) is 15.1. The van der Waals surface area contributed by atoms with Crippen LogP contribution in [0, 0.1) is 11.6 Å². The lowest BCUT2D eigenvalue weighted by atomic mass is 10.0. The zero-order valence-electron chi connectivity index (χ0n) is 19.6. The van der Waals surface area contributed by atoms with Crippen LogP contribution in [0.25, 0.3) is 22.3 Å². The Kier molecular flexibility index (Phi) is 6.27. The molecule has 0 bridgehead atoms. The monoisotopic (exact) mass is 495 g/mol. The highest BCUT2D eigenvalue weighted by molar-refractivity contribution is 5.96. The van der Waals surface area contributed by atoms with Crippen molar-refractivity contribution in [1.29, 1.82) is 0 Å². The van der Waals surface area contributed by atoms with Crippen molar-refractivity contribution in [2.45, 2.75) is 25.5 Å². The molecule has 1 N–H and O–H groups in total. The van der Waals surface area contributed by atoms with Gasteiger partial charge < -0.3 is 23.8 Å². The Balaban J connectivity index is 1.60. The van der Waals surface area contributed by atoms with Crippen LogP contribution in [-0.4, -0.2) is 47.4 Å². The molecular weight excluding hydrogens is 472 g/mol. The maximum Gasteiger partial charge on any atom is 0.338 e. The van der Waals surface area contributed by atoms with Crippen LogP contribution in [-0.2, 0) is 22.4 Å². The third kappa shape index (κ3) is 4.35. The second-order valence-corrected chi connectivity index (χ2v) is 8.49. The topological polar surface area (TPSA) is 95.4 Å². The molecule has 5 rings (SSSR count). The number of esters is 1. The first-order valence-corrected chi connectivity index (χ1v) is 11.3. The van der Waals surface area contributed by atoms with Crippen molar-refractivity contribution in [2.75, 3.05) is 20.8 Å². The number of aromatic amines is 1. The van der Waals surface area contributed by atoms with Crippen molar-refractivity contribution < 1.29 is 27.8 Å². The molecule has 1 atom stereocenters. The highest BCUT2D eigenvalue weighted by atomic mass is 19.1. The van der Waals surface area contributed by atoms with Gasteiger partial charge in [-0.1, -0.05) is 6.07 Å². The Hall–Kier alpha value is -4.05. The lowest BCUT2D eigenvalue weighted by molar-refractivity contribution is -0.0589. The van der Waals surface area contributed by atoms with E-state index in [0.717, 1.165) is 18.6 Å². The van der Waals surface area contributed by atoms with Gasteiger partial charge in [-0.3, -0.25) is 4.79 Å². The van der Waals surface area contributed by atoms with Gasteiger partial charge >= 0.3 is 5.97 Å². The van der Waals surface area contributed by atoms with Gasteiger partial charge in [0, 0.05) is 24.7 Å². The van der Waals surface area contributed by atoms with Gasteiger partial charge in [-0.15, -0.1) is 0 Å². The van der Waals surface area contributed by atoms with E-state index in [4.69, 9.17) is 14.2 Å². The molecule has 0 saturated carbocycles. The summed E-state index contributed by atoms with van der Waals surface area (Å²) in [6.07, 6.45) is 0.764. The summed E-state index contributed by atoms with van der Waals surface area (Å²) in [4.78, 5) is 31.0. The van der Waals surface area contributed by atoms with Crippen LogP contribution in [0.3, 0.4) is 0 Å². The van der Waals surface area contributed by atoms with Crippen molar-refractivity contribution in [1.82, 2.24) is 14.5 Å². The van der Waals surface area contributed by atoms with E-state index in [1.165, 1.54) is 38.5 Å². The molecule has 0 unspecified atom stereocenters. The van der Waals surface area contributed by atoms with E-state index in [0.29, 0.717) is 35.8 Å². The Morgan fingerprint density at radius 3 is 2.67 bits per heavy atom. The molecule has 0 amide bonds. The van der Waals surface area contributed by atoms with E-state index in [2.05, 4.69) is 9.97 Å². The lowest BCUT2D eigenvalue weighted by Crippen LogP contribution is -2.31. The number of methoxy groups -OCH3 is 2. The molecule has 186 valence electrons. The largest absolute Gasteiger partial charge is 0.494 e. The third-order valence-corrected chi connectivity index (χ3v) is 6.26. The summed E-state index contributed by atoms with van der Waals surface area (Å²) in [5.41, 5.74) is 1.17. The number of aromatic nitrogens is 3. The fourth-order valence-corrected chi connectivity index (χ4v) is 4.31. The molecule has 0 aliphatic carbocycles. The van der Waals surface area contributed by atoms with Crippen molar-refractivity contribution >= 4 is 17.0 Å². The predicted molar refractivity (Wildman–Crippen MR) is 127 cm³/mol. The van der Waals surface area contributed by atoms with Gasteiger partial charge in [0.2, 0.25) is 5.56 Å². The highest BCUT2D eigenvalue weighted by Crippen LogP contribution is 2.32. The van der Waals surface area contributed by atoms with Gasteiger partial charge in [-0.25, -0.2) is 18.6 Å². The van der Waals surface area contributed by atoms with Crippen LogP contribution in [0.1, 0.15) is 28.2 Å². The fraction of sp³-hybridized carbons (Fsp3) is 0.269. The maximum absolute atomic E-state index is 15.2. The number of nitrogens with one attached hydrogen (secondary N) is 1.